The summed E-state index contributed by atoms with van der Waals surface area (Å²) in [6.07, 6.45) is 0.650. The molecule has 1 N–H and O–H groups in total. The maximum Gasteiger partial charge on any atom is 0.307 e. The lowest BCUT2D eigenvalue weighted by molar-refractivity contribution is -0.143. The summed E-state index contributed by atoms with van der Waals surface area (Å²) in [5.74, 6) is -0.435. The summed E-state index contributed by atoms with van der Waals surface area (Å²) in [4.78, 5) is 25.6. The molecule has 0 saturated heterocycles. The Labute approximate surface area is 125 Å². The highest BCUT2D eigenvalue weighted by Crippen LogP contribution is 2.11. The first-order chi connectivity index (χ1) is 10.1. The van der Waals surface area contributed by atoms with E-state index in [-0.39, 0.29) is 24.9 Å². The van der Waals surface area contributed by atoms with Crippen LogP contribution in [0.1, 0.15) is 35.7 Å². The molecule has 0 saturated carbocycles. The number of ether oxygens (including phenoxy) is 1. The number of amides is 1. The summed E-state index contributed by atoms with van der Waals surface area (Å²) in [6, 6.07) is 7.34. The summed E-state index contributed by atoms with van der Waals surface area (Å²) < 4.78 is 4.88. The zero-order chi connectivity index (χ0) is 15.7. The number of nitrogens with zero attached hydrogens (tertiary/aromatic N) is 1. The molecule has 0 radical (unpaired) electrons. The zero-order valence-electron chi connectivity index (χ0n) is 12.7. The fraction of sp³-hybridized carbons (Fsp3) is 0.500. The van der Waals surface area contributed by atoms with Crippen molar-refractivity contribution in [2.45, 2.75) is 26.7 Å². The summed E-state index contributed by atoms with van der Waals surface area (Å²) in [6.45, 7) is 4.69. The van der Waals surface area contributed by atoms with E-state index in [1.165, 1.54) is 0 Å². The van der Waals surface area contributed by atoms with Gasteiger partial charge in [0.05, 0.1) is 13.0 Å². The molecule has 0 aromatic heterocycles. The minimum atomic E-state index is -0.316. The Morgan fingerprint density at radius 2 is 1.95 bits per heavy atom. The Kier molecular flexibility index (Phi) is 7.46. The van der Waals surface area contributed by atoms with E-state index in [9.17, 15) is 9.59 Å². The van der Waals surface area contributed by atoms with Crippen LogP contribution in [0.5, 0.6) is 0 Å². The predicted molar refractivity (Wildman–Crippen MR) is 80.0 cm³/mol. The molecular formula is C16H23NO4. The number of hydrogen-bond acceptors (Lipinski definition) is 4. The highest BCUT2D eigenvalue weighted by molar-refractivity contribution is 5.95. The molecular weight excluding hydrogens is 270 g/mol. The Morgan fingerprint density at radius 3 is 2.57 bits per heavy atom. The maximum atomic E-state index is 12.5. The molecule has 0 spiro atoms. The van der Waals surface area contributed by atoms with Crippen LogP contribution in [0.15, 0.2) is 24.3 Å². The second-order valence-corrected chi connectivity index (χ2v) is 4.74. The molecule has 1 amide bonds. The fourth-order valence-corrected chi connectivity index (χ4v) is 2.02. The number of benzene rings is 1. The van der Waals surface area contributed by atoms with E-state index in [1.54, 1.807) is 17.9 Å². The summed E-state index contributed by atoms with van der Waals surface area (Å²) in [7, 11) is 0. The van der Waals surface area contributed by atoms with E-state index in [1.807, 2.05) is 25.1 Å². The SMILES string of the molecule is CCOC(=O)CCN(CCCO)C(=O)c1ccccc1C. The number of aliphatic hydroxyl groups excluding tert-OH is 1. The highest BCUT2D eigenvalue weighted by Gasteiger charge is 2.18. The van der Waals surface area contributed by atoms with Crippen molar-refractivity contribution in [3.8, 4) is 0 Å². The van der Waals surface area contributed by atoms with Crippen LogP contribution < -0.4 is 0 Å². The van der Waals surface area contributed by atoms with Gasteiger partial charge in [0.15, 0.2) is 0 Å². The average molecular weight is 293 g/mol. The Hall–Kier alpha value is -1.88. The molecule has 116 valence electrons. The molecule has 5 heteroatoms. The molecule has 1 aromatic rings. The number of rotatable bonds is 8. The van der Waals surface area contributed by atoms with Gasteiger partial charge in [0, 0.05) is 25.3 Å². The van der Waals surface area contributed by atoms with Gasteiger partial charge in [-0.15, -0.1) is 0 Å². The third kappa shape index (κ3) is 5.55. The minimum Gasteiger partial charge on any atom is -0.466 e. The second kappa shape index (κ2) is 9.13. The van der Waals surface area contributed by atoms with Crippen molar-refractivity contribution in [2.75, 3.05) is 26.3 Å². The lowest BCUT2D eigenvalue weighted by atomic mass is 10.1. The van der Waals surface area contributed by atoms with Gasteiger partial charge in [-0.05, 0) is 31.9 Å². The molecule has 0 atom stereocenters. The smallest absolute Gasteiger partial charge is 0.307 e. The predicted octanol–water partition coefficient (Wildman–Crippen LogP) is 1.77. The lowest BCUT2D eigenvalue weighted by Crippen LogP contribution is -2.35. The van der Waals surface area contributed by atoms with E-state index in [4.69, 9.17) is 9.84 Å². The molecule has 1 rings (SSSR count). The number of carbonyl (C=O) groups is 2. The Bertz CT molecular complexity index is 473. The number of aliphatic hydroxyl groups is 1. The molecule has 0 aliphatic rings. The third-order valence-corrected chi connectivity index (χ3v) is 3.14. The first kappa shape index (κ1) is 17.2. The lowest BCUT2D eigenvalue weighted by Gasteiger charge is -2.23. The highest BCUT2D eigenvalue weighted by atomic mass is 16.5. The van der Waals surface area contributed by atoms with Crippen LogP contribution in [0.4, 0.5) is 0 Å². The number of hydrogen-bond donors (Lipinski definition) is 1. The summed E-state index contributed by atoms with van der Waals surface area (Å²) in [5, 5.41) is 8.95. The van der Waals surface area contributed by atoms with Crippen molar-refractivity contribution in [3.63, 3.8) is 0 Å². The van der Waals surface area contributed by atoms with Crippen LogP contribution in [0.3, 0.4) is 0 Å². The molecule has 0 heterocycles. The van der Waals surface area contributed by atoms with Gasteiger partial charge in [-0.3, -0.25) is 9.59 Å². The molecule has 0 bridgehead atoms. The average Bonchev–Trinajstić information content (AvgIpc) is 2.47. The normalized spacial score (nSPS) is 10.2. The van der Waals surface area contributed by atoms with Crippen LogP contribution in [0.25, 0.3) is 0 Å². The first-order valence-electron chi connectivity index (χ1n) is 7.21. The van der Waals surface area contributed by atoms with Crippen molar-refractivity contribution in [1.29, 1.82) is 0 Å². The van der Waals surface area contributed by atoms with E-state index in [0.29, 0.717) is 31.7 Å². The van der Waals surface area contributed by atoms with Crippen molar-refractivity contribution in [1.82, 2.24) is 4.90 Å². The van der Waals surface area contributed by atoms with E-state index >= 15 is 0 Å². The van der Waals surface area contributed by atoms with E-state index < -0.39 is 0 Å². The van der Waals surface area contributed by atoms with Crippen LogP contribution >= 0.6 is 0 Å². The van der Waals surface area contributed by atoms with Gasteiger partial charge in [-0.2, -0.15) is 0 Å². The van der Waals surface area contributed by atoms with Crippen molar-refractivity contribution in [2.24, 2.45) is 0 Å². The third-order valence-electron chi connectivity index (χ3n) is 3.14. The van der Waals surface area contributed by atoms with Gasteiger partial charge >= 0.3 is 5.97 Å². The molecule has 0 aliphatic carbocycles. The number of carbonyl (C=O) groups excluding carboxylic acids is 2. The van der Waals surface area contributed by atoms with Crippen molar-refractivity contribution < 1.29 is 19.4 Å². The zero-order valence-corrected chi connectivity index (χ0v) is 12.7. The molecule has 5 nitrogen and oxygen atoms in total. The molecule has 21 heavy (non-hydrogen) atoms. The van der Waals surface area contributed by atoms with Gasteiger partial charge in [0.1, 0.15) is 0 Å². The van der Waals surface area contributed by atoms with Gasteiger partial charge in [0.25, 0.3) is 5.91 Å². The quantitative estimate of drug-likeness (QED) is 0.742. The first-order valence-corrected chi connectivity index (χ1v) is 7.21. The minimum absolute atomic E-state index is 0.0109. The monoisotopic (exact) mass is 293 g/mol. The Morgan fingerprint density at radius 1 is 1.24 bits per heavy atom. The number of esters is 1. The topological polar surface area (TPSA) is 66.8 Å². The van der Waals surface area contributed by atoms with Gasteiger partial charge < -0.3 is 14.7 Å². The van der Waals surface area contributed by atoms with E-state index in [0.717, 1.165) is 5.56 Å². The van der Waals surface area contributed by atoms with Gasteiger partial charge in [-0.25, -0.2) is 0 Å². The fourth-order valence-electron chi connectivity index (χ4n) is 2.02. The van der Waals surface area contributed by atoms with Crippen LogP contribution in [-0.4, -0.2) is 48.2 Å². The van der Waals surface area contributed by atoms with E-state index in [2.05, 4.69) is 0 Å². The molecule has 0 fully saturated rings. The van der Waals surface area contributed by atoms with Crippen LogP contribution in [0.2, 0.25) is 0 Å². The van der Waals surface area contributed by atoms with Crippen molar-refractivity contribution >= 4 is 11.9 Å². The summed E-state index contributed by atoms with van der Waals surface area (Å²) in [5.41, 5.74) is 1.52. The van der Waals surface area contributed by atoms with Gasteiger partial charge in [0.2, 0.25) is 0 Å². The molecule has 0 unspecified atom stereocenters. The summed E-state index contributed by atoms with van der Waals surface area (Å²) >= 11 is 0. The van der Waals surface area contributed by atoms with Gasteiger partial charge in [-0.1, -0.05) is 18.2 Å². The van der Waals surface area contributed by atoms with Crippen LogP contribution in [-0.2, 0) is 9.53 Å². The molecule has 1 aromatic carbocycles. The maximum absolute atomic E-state index is 12.5. The van der Waals surface area contributed by atoms with Crippen LogP contribution in [0, 0.1) is 6.92 Å². The number of aryl methyl sites for hydroxylation is 1. The molecule has 0 aliphatic heterocycles. The van der Waals surface area contributed by atoms with Crippen molar-refractivity contribution in [3.05, 3.63) is 35.4 Å². The largest absolute Gasteiger partial charge is 0.466 e. The Balaban J connectivity index is 2.74. The standard InChI is InChI=1S/C16H23NO4/c1-3-21-15(19)9-11-17(10-6-12-18)16(20)14-8-5-4-7-13(14)2/h4-5,7-8,18H,3,6,9-12H2,1-2H3. The second-order valence-electron chi connectivity index (χ2n) is 4.74.